The van der Waals surface area contributed by atoms with E-state index in [1.54, 1.807) is 6.92 Å². The second-order valence-electron chi connectivity index (χ2n) is 4.09. The van der Waals surface area contributed by atoms with Crippen LogP contribution in [0.1, 0.15) is 38.7 Å². The normalized spacial score (nSPS) is 11.5. The van der Waals surface area contributed by atoms with E-state index in [0.717, 1.165) is 11.3 Å². The maximum absolute atomic E-state index is 12.4. The molecular formula is C14H10BrN3O3S. The number of pyridine rings is 1. The highest BCUT2D eigenvalue weighted by atomic mass is 79.9. The number of aromatic nitrogens is 2. The van der Waals surface area contributed by atoms with Gasteiger partial charge >= 0.3 is 5.97 Å². The topological polar surface area (TPSA) is 92.9 Å². The molecule has 22 heavy (non-hydrogen) atoms. The van der Waals surface area contributed by atoms with Gasteiger partial charge in [0.1, 0.15) is 9.61 Å². The lowest BCUT2D eigenvalue weighted by atomic mass is 10.0. The number of Topliss-reactive ketones (excluding diaryl/α,β-unsaturated/α-hetero) is 1. The van der Waals surface area contributed by atoms with Crippen molar-refractivity contribution in [1.82, 2.24) is 9.97 Å². The Morgan fingerprint density at radius 2 is 2.32 bits per heavy atom. The van der Waals surface area contributed by atoms with Crippen LogP contribution in [0.2, 0.25) is 0 Å². The fraction of sp³-hybridized carbons (Fsp3) is 0.214. The molecule has 0 aliphatic carbocycles. The number of ether oxygens (including phenoxy) is 1. The van der Waals surface area contributed by atoms with E-state index in [2.05, 4.69) is 25.9 Å². The molecule has 0 saturated heterocycles. The zero-order chi connectivity index (χ0) is 16.1. The molecule has 0 N–H and O–H groups in total. The summed E-state index contributed by atoms with van der Waals surface area (Å²) >= 11 is 4.26. The van der Waals surface area contributed by atoms with Gasteiger partial charge in [-0.1, -0.05) is 0 Å². The average molecular weight is 380 g/mol. The Kier molecular flexibility index (Phi) is 5.35. The van der Waals surface area contributed by atoms with Crippen LogP contribution in [-0.2, 0) is 4.74 Å². The lowest BCUT2D eigenvalue weighted by molar-refractivity contribution is 0.0519. The van der Waals surface area contributed by atoms with Crippen LogP contribution in [0, 0.1) is 11.3 Å². The van der Waals surface area contributed by atoms with Crippen molar-refractivity contribution in [2.24, 2.45) is 0 Å². The number of halogens is 1. The van der Waals surface area contributed by atoms with Crippen LogP contribution in [0.3, 0.4) is 0 Å². The lowest BCUT2D eigenvalue weighted by Gasteiger charge is -2.05. The minimum Gasteiger partial charge on any atom is -0.461 e. The maximum atomic E-state index is 12.4. The molecule has 0 unspecified atom stereocenters. The molecule has 0 aliphatic rings. The summed E-state index contributed by atoms with van der Waals surface area (Å²) < 4.78 is 5.34. The third kappa shape index (κ3) is 3.55. The van der Waals surface area contributed by atoms with E-state index in [4.69, 9.17) is 4.74 Å². The van der Waals surface area contributed by atoms with Crippen molar-refractivity contribution in [3.05, 3.63) is 44.6 Å². The number of hydrogen-bond acceptors (Lipinski definition) is 7. The summed E-state index contributed by atoms with van der Waals surface area (Å²) in [6.07, 6.45) is 1.47. The standard InChI is InChI=1S/C14H10BrN3O3S/c1-2-21-14(20)10-7-22-13(18-10)9(6-16)12(19)8-3-4-17-11(15)5-8/h3-5,7,9H,2H2,1H3/t9-/m0/s1. The molecule has 2 aromatic heterocycles. The molecule has 1 atom stereocenters. The summed E-state index contributed by atoms with van der Waals surface area (Å²) in [4.78, 5) is 32.0. The van der Waals surface area contributed by atoms with E-state index in [9.17, 15) is 14.9 Å². The number of carbonyl (C=O) groups excluding carboxylic acids is 2. The van der Waals surface area contributed by atoms with E-state index in [0.29, 0.717) is 10.2 Å². The quantitative estimate of drug-likeness (QED) is 0.450. The second kappa shape index (κ2) is 7.24. The van der Waals surface area contributed by atoms with Crippen molar-refractivity contribution in [1.29, 1.82) is 5.26 Å². The van der Waals surface area contributed by atoms with Crippen LogP contribution < -0.4 is 0 Å². The first-order valence-electron chi connectivity index (χ1n) is 6.24. The van der Waals surface area contributed by atoms with E-state index in [1.807, 2.05) is 6.07 Å². The minimum absolute atomic E-state index is 0.103. The van der Waals surface area contributed by atoms with E-state index >= 15 is 0 Å². The fourth-order valence-corrected chi connectivity index (χ4v) is 2.86. The van der Waals surface area contributed by atoms with Gasteiger partial charge in [0.25, 0.3) is 0 Å². The molecule has 112 valence electrons. The van der Waals surface area contributed by atoms with Gasteiger partial charge in [0, 0.05) is 17.1 Å². The number of esters is 1. The van der Waals surface area contributed by atoms with Gasteiger partial charge in [-0.2, -0.15) is 5.26 Å². The Bertz CT molecular complexity index is 754. The first-order valence-corrected chi connectivity index (χ1v) is 7.92. The highest BCUT2D eigenvalue weighted by Gasteiger charge is 2.26. The summed E-state index contributed by atoms with van der Waals surface area (Å²) in [6, 6.07) is 4.99. The molecule has 2 aromatic rings. The Morgan fingerprint density at radius 3 is 2.95 bits per heavy atom. The smallest absolute Gasteiger partial charge is 0.357 e. The second-order valence-corrected chi connectivity index (χ2v) is 5.79. The summed E-state index contributed by atoms with van der Waals surface area (Å²) in [7, 11) is 0. The summed E-state index contributed by atoms with van der Waals surface area (Å²) in [5.41, 5.74) is 0.451. The highest BCUT2D eigenvalue weighted by molar-refractivity contribution is 9.10. The van der Waals surface area contributed by atoms with Crippen LogP contribution in [-0.4, -0.2) is 28.3 Å². The van der Waals surface area contributed by atoms with Gasteiger partial charge in [-0.25, -0.2) is 14.8 Å². The monoisotopic (exact) mass is 379 g/mol. The maximum Gasteiger partial charge on any atom is 0.357 e. The predicted molar refractivity (Wildman–Crippen MR) is 82.7 cm³/mol. The third-order valence-corrected chi connectivity index (χ3v) is 4.00. The van der Waals surface area contributed by atoms with Crippen molar-refractivity contribution >= 4 is 39.0 Å². The first kappa shape index (κ1) is 16.3. The van der Waals surface area contributed by atoms with Crippen LogP contribution in [0.5, 0.6) is 0 Å². The number of nitrogens with zero attached hydrogens (tertiary/aromatic N) is 3. The minimum atomic E-state index is -1.07. The van der Waals surface area contributed by atoms with Crippen LogP contribution in [0.25, 0.3) is 0 Å². The molecule has 0 fully saturated rings. The van der Waals surface area contributed by atoms with Crippen LogP contribution in [0.15, 0.2) is 28.3 Å². The molecule has 6 nitrogen and oxygen atoms in total. The van der Waals surface area contributed by atoms with Gasteiger partial charge in [0.05, 0.1) is 12.7 Å². The van der Waals surface area contributed by atoms with Gasteiger partial charge in [0.2, 0.25) is 0 Å². The van der Waals surface area contributed by atoms with Crippen molar-refractivity contribution in [3.8, 4) is 6.07 Å². The molecular weight excluding hydrogens is 370 g/mol. The third-order valence-electron chi connectivity index (χ3n) is 2.66. The number of carbonyl (C=O) groups is 2. The van der Waals surface area contributed by atoms with Gasteiger partial charge in [-0.05, 0) is 35.0 Å². The SMILES string of the molecule is CCOC(=O)c1csc([C@@H](C#N)C(=O)c2ccnc(Br)c2)n1. The highest BCUT2D eigenvalue weighted by Crippen LogP contribution is 2.25. The van der Waals surface area contributed by atoms with Crippen molar-refractivity contribution in [2.75, 3.05) is 6.61 Å². The van der Waals surface area contributed by atoms with E-state index in [-0.39, 0.29) is 17.3 Å². The van der Waals surface area contributed by atoms with Gasteiger partial charge in [0.15, 0.2) is 17.4 Å². The van der Waals surface area contributed by atoms with E-state index in [1.165, 1.54) is 23.7 Å². The largest absolute Gasteiger partial charge is 0.461 e. The molecule has 2 heterocycles. The summed E-state index contributed by atoms with van der Waals surface area (Å²) in [5, 5.41) is 11.0. The van der Waals surface area contributed by atoms with Crippen molar-refractivity contribution in [3.63, 3.8) is 0 Å². The predicted octanol–water partition coefficient (Wildman–Crippen LogP) is 2.97. The van der Waals surface area contributed by atoms with Crippen LogP contribution >= 0.6 is 27.3 Å². The van der Waals surface area contributed by atoms with Gasteiger partial charge < -0.3 is 4.74 Å². The van der Waals surface area contributed by atoms with Gasteiger partial charge in [-0.15, -0.1) is 11.3 Å². The number of rotatable bonds is 5. The zero-order valence-electron chi connectivity index (χ0n) is 11.4. The lowest BCUT2D eigenvalue weighted by Crippen LogP contribution is -2.12. The van der Waals surface area contributed by atoms with E-state index < -0.39 is 17.7 Å². The number of thiazole rings is 1. The summed E-state index contributed by atoms with van der Waals surface area (Å²) in [6.45, 7) is 1.92. The molecule has 0 saturated carbocycles. The molecule has 0 amide bonds. The Balaban J connectivity index is 2.27. The average Bonchev–Trinajstić information content (AvgIpc) is 2.98. The number of hydrogen-bond donors (Lipinski definition) is 0. The first-order chi connectivity index (χ1) is 10.6. The zero-order valence-corrected chi connectivity index (χ0v) is 13.8. The Labute approximate surface area is 138 Å². The summed E-state index contributed by atoms with van der Waals surface area (Å²) in [5.74, 6) is -2.03. The number of ketones is 1. The molecule has 0 bridgehead atoms. The molecule has 2 rings (SSSR count). The van der Waals surface area contributed by atoms with Crippen molar-refractivity contribution < 1.29 is 14.3 Å². The number of nitriles is 1. The molecule has 8 heteroatoms. The molecule has 0 aromatic carbocycles. The van der Waals surface area contributed by atoms with Crippen molar-refractivity contribution in [2.45, 2.75) is 12.8 Å². The Hall–Kier alpha value is -2.11. The van der Waals surface area contributed by atoms with Gasteiger partial charge in [-0.3, -0.25) is 4.79 Å². The molecule has 0 radical (unpaired) electrons. The fourth-order valence-electron chi connectivity index (χ4n) is 1.67. The molecule has 0 spiro atoms. The van der Waals surface area contributed by atoms with Crippen LogP contribution in [0.4, 0.5) is 0 Å². The molecule has 0 aliphatic heterocycles. The Morgan fingerprint density at radius 1 is 1.55 bits per heavy atom.